The molecular formula is C13H11F6N3O5. The molecule has 0 aromatic heterocycles. The molecule has 150 valence electrons. The molecule has 14 heteroatoms. The van der Waals surface area contributed by atoms with Crippen LogP contribution in [0, 0.1) is 10.1 Å². The number of ether oxygens (including phenoxy) is 1. The lowest BCUT2D eigenvalue weighted by Gasteiger charge is -2.16. The molecule has 8 nitrogen and oxygen atoms in total. The number of hydrogen-bond donors (Lipinski definition) is 2. The lowest BCUT2D eigenvalue weighted by Crippen LogP contribution is -2.37. The van der Waals surface area contributed by atoms with E-state index in [-0.39, 0.29) is 16.9 Å². The molecule has 0 aliphatic heterocycles. The number of amides is 2. The van der Waals surface area contributed by atoms with E-state index in [4.69, 9.17) is 4.74 Å². The van der Waals surface area contributed by atoms with Crippen LogP contribution in [-0.2, 0) is 22.7 Å². The van der Waals surface area contributed by atoms with Crippen LogP contribution in [0.3, 0.4) is 0 Å². The molecule has 0 bridgehead atoms. The predicted molar refractivity (Wildman–Crippen MR) is 75.5 cm³/mol. The van der Waals surface area contributed by atoms with E-state index in [1.54, 1.807) is 0 Å². The van der Waals surface area contributed by atoms with E-state index in [0.29, 0.717) is 0 Å². The molecule has 27 heavy (non-hydrogen) atoms. The van der Waals surface area contributed by atoms with Gasteiger partial charge in [-0.3, -0.25) is 19.7 Å². The first-order chi connectivity index (χ1) is 12.3. The molecule has 0 heterocycles. The van der Waals surface area contributed by atoms with Crippen LogP contribution in [0.5, 0.6) is 5.75 Å². The van der Waals surface area contributed by atoms with Gasteiger partial charge in [-0.2, -0.15) is 26.3 Å². The Hall–Kier alpha value is -3.06. The number of nitro groups is 1. The first kappa shape index (κ1) is 22.0. The molecule has 0 saturated carbocycles. The summed E-state index contributed by atoms with van der Waals surface area (Å²) in [6.07, 6.45) is -10.4. The number of nitro benzene ring substituents is 1. The fraction of sp³-hybridized carbons (Fsp3) is 0.385. The SMILES string of the molecule is COc1c(CNC(=O)C(F)(F)F)cc([N+](=O)[O-])cc1CNC(=O)C(F)(F)F. The average Bonchev–Trinajstić information content (AvgIpc) is 2.54. The fourth-order valence-electron chi connectivity index (χ4n) is 1.92. The zero-order valence-electron chi connectivity index (χ0n) is 13.3. The van der Waals surface area contributed by atoms with Gasteiger partial charge >= 0.3 is 24.2 Å². The van der Waals surface area contributed by atoms with Crippen molar-refractivity contribution in [1.82, 2.24) is 10.6 Å². The van der Waals surface area contributed by atoms with Gasteiger partial charge in [0.05, 0.1) is 12.0 Å². The third-order valence-corrected chi connectivity index (χ3v) is 3.04. The number of halogens is 6. The molecular weight excluding hydrogens is 392 g/mol. The van der Waals surface area contributed by atoms with Gasteiger partial charge in [-0.1, -0.05) is 0 Å². The van der Waals surface area contributed by atoms with E-state index in [2.05, 4.69) is 0 Å². The number of non-ortho nitro benzene ring substituents is 1. The first-order valence-electron chi connectivity index (χ1n) is 6.81. The third-order valence-electron chi connectivity index (χ3n) is 3.04. The minimum Gasteiger partial charge on any atom is -0.496 e. The summed E-state index contributed by atoms with van der Waals surface area (Å²) >= 11 is 0. The third kappa shape index (κ3) is 6.00. The van der Waals surface area contributed by atoms with Crippen LogP contribution in [0.15, 0.2) is 12.1 Å². The van der Waals surface area contributed by atoms with Crippen molar-refractivity contribution in [2.24, 2.45) is 0 Å². The minimum absolute atomic E-state index is 0.305. The largest absolute Gasteiger partial charge is 0.496 e. The lowest BCUT2D eigenvalue weighted by atomic mass is 10.1. The predicted octanol–water partition coefficient (Wildman–Crippen LogP) is 1.96. The van der Waals surface area contributed by atoms with Crippen molar-refractivity contribution >= 4 is 17.5 Å². The summed E-state index contributed by atoms with van der Waals surface area (Å²) in [5.41, 5.74) is -1.30. The summed E-state index contributed by atoms with van der Waals surface area (Å²) in [7, 11) is 1.01. The smallest absolute Gasteiger partial charge is 0.471 e. The highest BCUT2D eigenvalue weighted by molar-refractivity contribution is 5.82. The van der Waals surface area contributed by atoms with Gasteiger partial charge in [0.25, 0.3) is 5.69 Å². The van der Waals surface area contributed by atoms with E-state index in [1.165, 1.54) is 10.6 Å². The first-order valence-corrected chi connectivity index (χ1v) is 6.81. The summed E-state index contributed by atoms with van der Waals surface area (Å²) in [6, 6.07) is 1.56. The fourth-order valence-corrected chi connectivity index (χ4v) is 1.92. The number of nitrogens with zero attached hydrogens (tertiary/aromatic N) is 1. The second-order valence-corrected chi connectivity index (χ2v) is 4.92. The van der Waals surface area contributed by atoms with Gasteiger partial charge in [0.2, 0.25) is 0 Å². The molecule has 0 unspecified atom stereocenters. The van der Waals surface area contributed by atoms with Crippen LogP contribution < -0.4 is 15.4 Å². The Morgan fingerprint density at radius 3 is 1.63 bits per heavy atom. The van der Waals surface area contributed by atoms with E-state index in [0.717, 1.165) is 19.2 Å². The molecule has 0 atom stereocenters. The number of carbonyl (C=O) groups is 2. The summed E-state index contributed by atoms with van der Waals surface area (Å²) < 4.78 is 78.3. The summed E-state index contributed by atoms with van der Waals surface area (Å²) in [6.45, 7) is -1.72. The Morgan fingerprint density at radius 2 is 1.37 bits per heavy atom. The molecule has 0 aliphatic rings. The molecule has 1 aromatic rings. The molecule has 0 saturated heterocycles. The Kier molecular flexibility index (Phi) is 6.59. The Balaban J connectivity index is 3.18. The van der Waals surface area contributed by atoms with Gasteiger partial charge in [-0.15, -0.1) is 0 Å². The van der Waals surface area contributed by atoms with Crippen molar-refractivity contribution in [1.29, 1.82) is 0 Å². The van der Waals surface area contributed by atoms with Crippen LogP contribution >= 0.6 is 0 Å². The topological polar surface area (TPSA) is 111 Å². The summed E-state index contributed by atoms with van der Waals surface area (Å²) in [5.74, 6) is -4.99. The Morgan fingerprint density at radius 1 is 1.00 bits per heavy atom. The van der Waals surface area contributed by atoms with Crippen LogP contribution in [0.1, 0.15) is 11.1 Å². The van der Waals surface area contributed by atoms with Crippen LogP contribution in [0.2, 0.25) is 0 Å². The number of rotatable bonds is 6. The molecule has 2 N–H and O–H groups in total. The highest BCUT2D eigenvalue weighted by atomic mass is 19.4. The highest BCUT2D eigenvalue weighted by Crippen LogP contribution is 2.30. The van der Waals surface area contributed by atoms with Gasteiger partial charge in [-0.05, 0) is 0 Å². The second kappa shape index (κ2) is 8.09. The maximum atomic E-state index is 12.2. The number of methoxy groups -OCH3 is 1. The molecule has 0 spiro atoms. The van der Waals surface area contributed by atoms with Gasteiger partial charge in [0.15, 0.2) is 0 Å². The average molecular weight is 403 g/mol. The highest BCUT2D eigenvalue weighted by Gasteiger charge is 2.39. The quantitative estimate of drug-likeness (QED) is 0.429. The van der Waals surface area contributed by atoms with E-state index < -0.39 is 47.9 Å². The summed E-state index contributed by atoms with van der Waals surface area (Å²) in [4.78, 5) is 31.7. The number of alkyl halides is 6. The Labute approximate surface area is 146 Å². The normalized spacial score (nSPS) is 11.7. The number of carbonyl (C=O) groups excluding carboxylic acids is 2. The van der Waals surface area contributed by atoms with Crippen molar-refractivity contribution in [3.8, 4) is 5.75 Å². The van der Waals surface area contributed by atoms with E-state index in [1.807, 2.05) is 0 Å². The van der Waals surface area contributed by atoms with Gasteiger partial charge < -0.3 is 15.4 Å². The number of benzene rings is 1. The van der Waals surface area contributed by atoms with Gasteiger partial charge in [0, 0.05) is 36.3 Å². The molecule has 2 amide bonds. The van der Waals surface area contributed by atoms with Crippen LogP contribution in [0.25, 0.3) is 0 Å². The maximum absolute atomic E-state index is 12.2. The van der Waals surface area contributed by atoms with Crippen LogP contribution in [-0.4, -0.2) is 36.2 Å². The van der Waals surface area contributed by atoms with Crippen molar-refractivity contribution in [3.63, 3.8) is 0 Å². The van der Waals surface area contributed by atoms with Gasteiger partial charge in [0.1, 0.15) is 5.75 Å². The van der Waals surface area contributed by atoms with Gasteiger partial charge in [-0.25, -0.2) is 0 Å². The second-order valence-electron chi connectivity index (χ2n) is 4.92. The minimum atomic E-state index is -5.21. The zero-order chi connectivity index (χ0) is 21.0. The van der Waals surface area contributed by atoms with Crippen molar-refractivity contribution < 1.29 is 45.6 Å². The van der Waals surface area contributed by atoms with Crippen molar-refractivity contribution in [2.45, 2.75) is 25.4 Å². The maximum Gasteiger partial charge on any atom is 0.471 e. The standard InChI is InChI=1S/C13H11F6N3O5/c1-27-9-6(4-20-10(23)12(14,15)16)2-8(22(25)26)3-7(9)5-21-11(24)13(17,18)19/h2-3H,4-5H2,1H3,(H,20,23)(H,21,24). The monoisotopic (exact) mass is 403 g/mol. The summed E-state index contributed by atoms with van der Waals surface area (Å²) in [5, 5.41) is 13.9. The van der Waals surface area contributed by atoms with E-state index >= 15 is 0 Å². The lowest BCUT2D eigenvalue weighted by molar-refractivity contribution is -0.385. The molecule has 0 radical (unpaired) electrons. The molecule has 1 aromatic carbocycles. The van der Waals surface area contributed by atoms with Crippen molar-refractivity contribution in [2.75, 3.05) is 7.11 Å². The zero-order valence-corrected chi connectivity index (χ0v) is 13.3. The van der Waals surface area contributed by atoms with Crippen molar-refractivity contribution in [3.05, 3.63) is 33.4 Å². The van der Waals surface area contributed by atoms with E-state index in [9.17, 15) is 46.0 Å². The van der Waals surface area contributed by atoms with Crippen LogP contribution in [0.4, 0.5) is 32.0 Å². The molecule has 1 rings (SSSR count). The molecule has 0 fully saturated rings. The number of hydrogen-bond acceptors (Lipinski definition) is 5. The Bertz CT molecular complexity index is 696. The molecule has 0 aliphatic carbocycles. The number of nitrogens with one attached hydrogen (secondary N) is 2.